The van der Waals surface area contributed by atoms with Gasteiger partial charge >= 0.3 is 0 Å². The van der Waals surface area contributed by atoms with Gasteiger partial charge in [0.05, 0.1) is 6.61 Å². The summed E-state index contributed by atoms with van der Waals surface area (Å²) in [5.74, 6) is 0. The molecule has 1 unspecified atom stereocenters. The summed E-state index contributed by atoms with van der Waals surface area (Å²) >= 11 is 0. The lowest BCUT2D eigenvalue weighted by atomic mass is 10.0. The smallest absolute Gasteiger partial charge is 0.249 e. The van der Waals surface area contributed by atoms with E-state index in [1.165, 1.54) is 10.2 Å². The van der Waals surface area contributed by atoms with Gasteiger partial charge in [-0.3, -0.25) is 0 Å². The van der Waals surface area contributed by atoms with Crippen LogP contribution in [0.1, 0.15) is 18.9 Å². The van der Waals surface area contributed by atoms with Gasteiger partial charge in [-0.15, -0.1) is 0 Å². The van der Waals surface area contributed by atoms with Crippen LogP contribution in [0, 0.1) is 0 Å². The normalized spacial score (nSPS) is 22.0. The lowest BCUT2D eigenvalue weighted by molar-refractivity contribution is 0.283. The largest absolute Gasteiger partial charge is 0.392 e. The molecule has 1 atom stereocenters. The molecule has 1 aliphatic carbocycles. The average molecular weight is 304 g/mol. The Morgan fingerprint density at radius 2 is 2.24 bits per heavy atom. The summed E-state index contributed by atoms with van der Waals surface area (Å²) in [6.45, 7) is 1.47. The van der Waals surface area contributed by atoms with Crippen LogP contribution < -0.4 is 0 Å². The summed E-state index contributed by atoms with van der Waals surface area (Å²) < 4.78 is 26.2. The van der Waals surface area contributed by atoms with Gasteiger partial charge in [-0.05, 0) is 25.5 Å². The number of hydrogen-bond acceptors (Lipinski definition) is 4. The second-order valence-corrected chi connectivity index (χ2v) is 7.57. The zero-order valence-corrected chi connectivity index (χ0v) is 12.4. The Labute approximate surface area is 123 Å². The maximum absolute atomic E-state index is 13.0. The van der Waals surface area contributed by atoms with Crippen LogP contribution in [0.2, 0.25) is 0 Å². The summed E-state index contributed by atoms with van der Waals surface area (Å²) in [4.78, 5) is 4.17. The summed E-state index contributed by atoms with van der Waals surface area (Å²) in [5.41, 5.74) is 0.909. The average Bonchev–Trinajstić information content (AvgIpc) is 2.87. The minimum atomic E-state index is -3.67. The molecule has 0 radical (unpaired) electrons. The fraction of sp³-hybridized carbons (Fsp3) is 0.267. The Balaban J connectivity index is 2.25. The Morgan fingerprint density at radius 1 is 1.43 bits per heavy atom. The molecule has 2 heterocycles. The summed E-state index contributed by atoms with van der Waals surface area (Å²) in [5, 5.41) is 10.1. The van der Waals surface area contributed by atoms with Gasteiger partial charge in [0, 0.05) is 23.3 Å². The third-order valence-electron chi connectivity index (χ3n) is 3.85. The van der Waals surface area contributed by atoms with E-state index < -0.39 is 14.8 Å². The highest BCUT2D eigenvalue weighted by Gasteiger charge is 2.39. The maximum atomic E-state index is 13.0. The molecule has 5 nitrogen and oxygen atoms in total. The maximum Gasteiger partial charge on any atom is 0.249 e. The van der Waals surface area contributed by atoms with E-state index in [9.17, 15) is 13.5 Å². The van der Waals surface area contributed by atoms with Crippen molar-refractivity contribution in [3.8, 4) is 0 Å². The minimum absolute atomic E-state index is 0.225. The van der Waals surface area contributed by atoms with E-state index in [2.05, 4.69) is 4.98 Å². The molecule has 1 aliphatic rings. The second-order valence-electron chi connectivity index (χ2n) is 5.29. The van der Waals surface area contributed by atoms with E-state index in [0.29, 0.717) is 23.0 Å². The van der Waals surface area contributed by atoms with Crippen LogP contribution in [-0.4, -0.2) is 27.2 Å². The standard InChI is InChI=1S/C15H16N2O3S/c1-15(7-3-2-4-8-15)21(19,20)17-10-12(11-18)13-6-5-9-16-14(13)17/h2-7,9-10,18H,8,11H2,1H3. The van der Waals surface area contributed by atoms with E-state index in [1.807, 2.05) is 12.2 Å². The van der Waals surface area contributed by atoms with Crippen LogP contribution in [0.15, 0.2) is 48.8 Å². The van der Waals surface area contributed by atoms with Crippen molar-refractivity contribution in [2.45, 2.75) is 24.7 Å². The number of rotatable bonds is 3. The monoisotopic (exact) mass is 304 g/mol. The van der Waals surface area contributed by atoms with Crippen molar-refractivity contribution < 1.29 is 13.5 Å². The molecule has 3 rings (SSSR count). The molecule has 0 saturated heterocycles. The molecule has 0 spiro atoms. The first-order valence-electron chi connectivity index (χ1n) is 6.65. The summed E-state index contributed by atoms with van der Waals surface area (Å²) in [6, 6.07) is 3.49. The fourth-order valence-electron chi connectivity index (χ4n) is 2.53. The summed E-state index contributed by atoms with van der Waals surface area (Å²) in [6.07, 6.45) is 10.5. The van der Waals surface area contributed by atoms with Gasteiger partial charge in [0.1, 0.15) is 4.75 Å². The first-order valence-corrected chi connectivity index (χ1v) is 8.09. The van der Waals surface area contributed by atoms with Gasteiger partial charge in [-0.2, -0.15) is 0 Å². The van der Waals surface area contributed by atoms with Crippen LogP contribution in [-0.2, 0) is 16.6 Å². The number of nitrogens with zero attached hydrogens (tertiary/aromatic N) is 2. The summed E-state index contributed by atoms with van der Waals surface area (Å²) in [7, 11) is -3.67. The van der Waals surface area contributed by atoms with Gasteiger partial charge in [0.2, 0.25) is 10.0 Å². The number of aliphatic hydroxyl groups is 1. The van der Waals surface area contributed by atoms with Crippen molar-refractivity contribution >= 4 is 21.1 Å². The van der Waals surface area contributed by atoms with Crippen LogP contribution in [0.5, 0.6) is 0 Å². The molecule has 0 amide bonds. The highest BCUT2D eigenvalue weighted by molar-refractivity contribution is 7.91. The van der Waals surface area contributed by atoms with E-state index in [0.717, 1.165) is 0 Å². The molecular weight excluding hydrogens is 288 g/mol. The Hall–Kier alpha value is -1.92. The molecule has 21 heavy (non-hydrogen) atoms. The molecule has 0 aromatic carbocycles. The van der Waals surface area contributed by atoms with Crippen molar-refractivity contribution in [3.63, 3.8) is 0 Å². The first kappa shape index (κ1) is 14.0. The fourth-order valence-corrected chi connectivity index (χ4v) is 4.17. The predicted octanol–water partition coefficient (Wildman–Crippen LogP) is 1.98. The van der Waals surface area contributed by atoms with Crippen LogP contribution in [0.4, 0.5) is 0 Å². The number of aliphatic hydroxyl groups excluding tert-OH is 1. The molecule has 6 heteroatoms. The van der Waals surface area contributed by atoms with Gasteiger partial charge in [-0.1, -0.05) is 24.3 Å². The Kier molecular flexibility index (Phi) is 3.22. The van der Waals surface area contributed by atoms with Gasteiger partial charge in [0.25, 0.3) is 0 Å². The van der Waals surface area contributed by atoms with E-state index in [-0.39, 0.29) is 6.61 Å². The molecule has 1 N–H and O–H groups in total. The van der Waals surface area contributed by atoms with Crippen LogP contribution >= 0.6 is 0 Å². The molecular formula is C15H16N2O3S. The van der Waals surface area contributed by atoms with E-state index in [1.54, 1.807) is 37.4 Å². The molecule has 0 aliphatic heterocycles. The van der Waals surface area contributed by atoms with Crippen molar-refractivity contribution in [2.24, 2.45) is 0 Å². The molecule has 0 fully saturated rings. The van der Waals surface area contributed by atoms with Crippen molar-refractivity contribution in [1.82, 2.24) is 8.96 Å². The highest BCUT2D eigenvalue weighted by Crippen LogP contribution is 2.32. The van der Waals surface area contributed by atoms with Gasteiger partial charge in [0.15, 0.2) is 5.65 Å². The Bertz CT molecular complexity index is 849. The third-order valence-corrected chi connectivity index (χ3v) is 6.13. The highest BCUT2D eigenvalue weighted by atomic mass is 32.2. The second kappa shape index (κ2) is 4.82. The lowest BCUT2D eigenvalue weighted by Gasteiger charge is -2.26. The Morgan fingerprint density at radius 3 is 2.90 bits per heavy atom. The van der Waals surface area contributed by atoms with Crippen molar-refractivity contribution in [3.05, 3.63) is 54.4 Å². The number of aromatic nitrogens is 2. The molecule has 0 bridgehead atoms. The van der Waals surface area contributed by atoms with Gasteiger partial charge < -0.3 is 5.11 Å². The third kappa shape index (κ3) is 2.02. The SMILES string of the molecule is CC1(S(=O)(=O)n2cc(CO)c3cccnc32)C=CC=CC1. The van der Waals surface area contributed by atoms with E-state index in [4.69, 9.17) is 0 Å². The van der Waals surface area contributed by atoms with Crippen molar-refractivity contribution in [2.75, 3.05) is 0 Å². The van der Waals surface area contributed by atoms with Crippen molar-refractivity contribution in [1.29, 1.82) is 0 Å². The lowest BCUT2D eigenvalue weighted by Crippen LogP contribution is -2.37. The minimum Gasteiger partial charge on any atom is -0.392 e. The number of hydrogen-bond donors (Lipinski definition) is 1. The molecule has 2 aromatic heterocycles. The molecule has 110 valence electrons. The first-order chi connectivity index (χ1) is 9.99. The van der Waals surface area contributed by atoms with Crippen LogP contribution in [0.25, 0.3) is 11.0 Å². The molecule has 0 saturated carbocycles. The quantitative estimate of drug-likeness (QED) is 0.941. The topological polar surface area (TPSA) is 72.2 Å². The number of fused-ring (bicyclic) bond motifs is 1. The molecule has 2 aromatic rings. The zero-order chi connectivity index (χ0) is 15.1. The predicted molar refractivity (Wildman–Crippen MR) is 81.3 cm³/mol. The van der Waals surface area contributed by atoms with E-state index >= 15 is 0 Å². The number of pyridine rings is 1. The zero-order valence-electron chi connectivity index (χ0n) is 11.6. The van der Waals surface area contributed by atoms with Crippen LogP contribution in [0.3, 0.4) is 0 Å². The van der Waals surface area contributed by atoms with Gasteiger partial charge in [-0.25, -0.2) is 17.4 Å². The number of allylic oxidation sites excluding steroid dienone is 3.